The molecule has 2 heterocycles. The Morgan fingerprint density at radius 2 is 2.15 bits per heavy atom. The van der Waals surface area contributed by atoms with E-state index in [1.165, 1.54) is 12.1 Å². The van der Waals surface area contributed by atoms with Crippen LogP contribution in [0.1, 0.15) is 30.9 Å². The van der Waals surface area contributed by atoms with E-state index in [-0.39, 0.29) is 5.82 Å². The number of halogens is 2. The third-order valence-electron chi connectivity index (χ3n) is 4.04. The van der Waals surface area contributed by atoms with Gasteiger partial charge in [-0.15, -0.1) is 11.6 Å². The maximum Gasteiger partial charge on any atom is 0.170 e. The van der Waals surface area contributed by atoms with Crippen LogP contribution < -0.4 is 0 Å². The zero-order valence-electron chi connectivity index (χ0n) is 11.3. The molecule has 5 heteroatoms. The Morgan fingerprint density at radius 1 is 1.35 bits per heavy atom. The van der Waals surface area contributed by atoms with Crippen molar-refractivity contribution < 1.29 is 8.91 Å². The summed E-state index contributed by atoms with van der Waals surface area (Å²) in [6, 6.07) is 4.65. The molecule has 0 spiro atoms. The molecular weight excluding hydrogens is 279 g/mol. The molecule has 20 heavy (non-hydrogen) atoms. The van der Waals surface area contributed by atoms with Crippen LogP contribution in [0.2, 0.25) is 0 Å². The van der Waals surface area contributed by atoms with Crippen molar-refractivity contribution in [2.24, 2.45) is 0 Å². The molecule has 3 nitrogen and oxygen atoms in total. The van der Waals surface area contributed by atoms with Gasteiger partial charge in [0.25, 0.3) is 0 Å². The molecule has 0 atom stereocenters. The van der Waals surface area contributed by atoms with E-state index in [9.17, 15) is 4.39 Å². The summed E-state index contributed by atoms with van der Waals surface area (Å²) in [6.07, 6.45) is 3.18. The minimum Gasteiger partial charge on any atom is -0.356 e. The molecule has 0 bridgehead atoms. The Labute approximate surface area is 122 Å². The zero-order valence-corrected chi connectivity index (χ0v) is 12.1. The summed E-state index contributed by atoms with van der Waals surface area (Å²) in [5.74, 6) is 0.851. The molecule has 1 saturated heterocycles. The van der Waals surface area contributed by atoms with E-state index in [1.807, 2.05) is 0 Å². The van der Waals surface area contributed by atoms with Crippen molar-refractivity contribution in [3.8, 4) is 0 Å². The minimum atomic E-state index is -0.281. The van der Waals surface area contributed by atoms with Crippen molar-refractivity contribution in [2.75, 3.05) is 25.5 Å². The van der Waals surface area contributed by atoms with Crippen molar-refractivity contribution >= 4 is 22.6 Å². The number of aromatic nitrogens is 1. The Morgan fingerprint density at radius 3 is 2.90 bits per heavy atom. The molecule has 3 rings (SSSR count). The first-order valence-electron chi connectivity index (χ1n) is 7.11. The van der Waals surface area contributed by atoms with Crippen molar-refractivity contribution in [3.05, 3.63) is 29.7 Å². The van der Waals surface area contributed by atoms with Crippen LogP contribution in [-0.4, -0.2) is 35.6 Å². The number of hydrogen-bond donors (Lipinski definition) is 0. The molecule has 1 aromatic heterocycles. The fourth-order valence-corrected chi connectivity index (χ4v) is 3.06. The quantitative estimate of drug-likeness (QED) is 0.804. The number of hydrogen-bond acceptors (Lipinski definition) is 3. The van der Waals surface area contributed by atoms with Crippen molar-refractivity contribution in [3.63, 3.8) is 0 Å². The Balaban J connectivity index is 1.70. The van der Waals surface area contributed by atoms with E-state index in [4.69, 9.17) is 16.1 Å². The molecule has 0 radical (unpaired) electrons. The fraction of sp³-hybridized carbons (Fsp3) is 0.533. The molecule has 0 amide bonds. The summed E-state index contributed by atoms with van der Waals surface area (Å²) in [7, 11) is 0. The van der Waals surface area contributed by atoms with Gasteiger partial charge in [-0.3, -0.25) is 0 Å². The molecule has 0 N–H and O–H groups in total. The second kappa shape index (κ2) is 6.10. The zero-order chi connectivity index (χ0) is 13.9. The topological polar surface area (TPSA) is 29.3 Å². The largest absolute Gasteiger partial charge is 0.356 e. The van der Waals surface area contributed by atoms with Crippen LogP contribution >= 0.6 is 11.6 Å². The highest BCUT2D eigenvalue weighted by atomic mass is 35.5. The van der Waals surface area contributed by atoms with Gasteiger partial charge in [-0.2, -0.15) is 0 Å². The van der Waals surface area contributed by atoms with Crippen LogP contribution in [0.3, 0.4) is 0 Å². The lowest BCUT2D eigenvalue weighted by Crippen LogP contribution is -2.33. The molecule has 0 unspecified atom stereocenters. The maximum absolute atomic E-state index is 13.2. The first-order chi connectivity index (χ1) is 9.78. The van der Waals surface area contributed by atoms with Crippen LogP contribution in [0.25, 0.3) is 11.0 Å². The second-order valence-electron chi connectivity index (χ2n) is 5.37. The molecule has 1 fully saturated rings. The number of nitrogens with zero attached hydrogens (tertiary/aromatic N) is 2. The number of fused-ring (bicyclic) bond motifs is 1. The lowest BCUT2D eigenvalue weighted by molar-refractivity contribution is 0.210. The standard InChI is InChI=1S/C15H18ClFN2O/c16-6-1-7-19-8-4-11(5-9-19)15-13-3-2-12(17)10-14(13)20-18-15/h2-3,10-11H,1,4-9H2. The van der Waals surface area contributed by atoms with Gasteiger partial charge in [0.2, 0.25) is 0 Å². The third kappa shape index (κ3) is 2.81. The highest BCUT2D eigenvalue weighted by Gasteiger charge is 2.24. The number of piperidine rings is 1. The monoisotopic (exact) mass is 296 g/mol. The van der Waals surface area contributed by atoms with Gasteiger partial charge in [-0.25, -0.2) is 4.39 Å². The highest BCUT2D eigenvalue weighted by Crippen LogP contribution is 2.32. The van der Waals surface area contributed by atoms with Crippen LogP contribution in [0.5, 0.6) is 0 Å². The Bertz CT molecular complexity index is 578. The van der Waals surface area contributed by atoms with Gasteiger partial charge in [-0.1, -0.05) is 5.16 Å². The first kappa shape index (κ1) is 13.8. The SMILES string of the molecule is Fc1ccc2c(C3CCN(CCCCl)CC3)noc2c1. The predicted octanol–water partition coefficient (Wildman–Crippen LogP) is 3.78. The van der Waals surface area contributed by atoms with E-state index >= 15 is 0 Å². The number of alkyl halides is 1. The molecule has 2 aromatic rings. The molecule has 108 valence electrons. The average molecular weight is 297 g/mol. The maximum atomic E-state index is 13.2. The van der Waals surface area contributed by atoms with Crippen LogP contribution in [-0.2, 0) is 0 Å². The summed E-state index contributed by atoms with van der Waals surface area (Å²) in [5, 5.41) is 5.12. The summed E-state index contributed by atoms with van der Waals surface area (Å²) in [5.41, 5.74) is 1.53. The summed E-state index contributed by atoms with van der Waals surface area (Å²) in [6.45, 7) is 3.20. The molecule has 1 aromatic carbocycles. The van der Waals surface area contributed by atoms with E-state index in [2.05, 4.69) is 10.1 Å². The van der Waals surface area contributed by atoms with Gasteiger partial charge < -0.3 is 9.42 Å². The number of likely N-dealkylation sites (tertiary alicyclic amines) is 1. The molecular formula is C15H18ClFN2O. The smallest absolute Gasteiger partial charge is 0.170 e. The number of rotatable bonds is 4. The molecule has 0 saturated carbocycles. The Hall–Kier alpha value is -1.13. The van der Waals surface area contributed by atoms with Crippen LogP contribution in [0.15, 0.2) is 22.7 Å². The normalized spacial score (nSPS) is 17.9. The predicted molar refractivity (Wildman–Crippen MR) is 77.7 cm³/mol. The van der Waals surface area contributed by atoms with E-state index < -0.39 is 0 Å². The summed E-state index contributed by atoms with van der Waals surface area (Å²) >= 11 is 5.73. The molecule has 1 aliphatic heterocycles. The van der Waals surface area contributed by atoms with Gasteiger partial charge in [0.15, 0.2) is 5.58 Å². The Kier molecular flexibility index (Phi) is 4.22. The molecule has 0 aliphatic carbocycles. The third-order valence-corrected chi connectivity index (χ3v) is 4.31. The van der Waals surface area contributed by atoms with Crippen molar-refractivity contribution in [2.45, 2.75) is 25.2 Å². The summed E-state index contributed by atoms with van der Waals surface area (Å²) < 4.78 is 18.4. The van der Waals surface area contributed by atoms with Crippen LogP contribution in [0, 0.1) is 5.82 Å². The average Bonchev–Trinajstić information content (AvgIpc) is 2.88. The summed E-state index contributed by atoms with van der Waals surface area (Å²) in [4.78, 5) is 2.45. The second-order valence-corrected chi connectivity index (χ2v) is 5.74. The van der Waals surface area contributed by atoms with Crippen molar-refractivity contribution in [1.29, 1.82) is 0 Å². The molecule has 1 aliphatic rings. The first-order valence-corrected chi connectivity index (χ1v) is 7.64. The van der Waals surface area contributed by atoms with Crippen LogP contribution in [0.4, 0.5) is 4.39 Å². The van der Waals surface area contributed by atoms with E-state index in [0.717, 1.165) is 55.9 Å². The number of benzene rings is 1. The van der Waals surface area contributed by atoms with Gasteiger partial charge in [0, 0.05) is 23.3 Å². The van der Waals surface area contributed by atoms with E-state index in [0.29, 0.717) is 11.5 Å². The van der Waals surface area contributed by atoms with Gasteiger partial charge in [-0.05, 0) is 51.0 Å². The van der Waals surface area contributed by atoms with Gasteiger partial charge >= 0.3 is 0 Å². The van der Waals surface area contributed by atoms with Gasteiger partial charge in [0.05, 0.1) is 5.69 Å². The van der Waals surface area contributed by atoms with E-state index in [1.54, 1.807) is 6.07 Å². The minimum absolute atomic E-state index is 0.281. The lowest BCUT2D eigenvalue weighted by atomic mass is 9.91. The highest BCUT2D eigenvalue weighted by molar-refractivity contribution is 6.17. The van der Waals surface area contributed by atoms with Gasteiger partial charge in [0.1, 0.15) is 5.82 Å². The van der Waals surface area contributed by atoms with Crippen molar-refractivity contribution in [1.82, 2.24) is 10.1 Å². The fourth-order valence-electron chi connectivity index (χ4n) is 2.94. The lowest BCUT2D eigenvalue weighted by Gasteiger charge is -2.30.